The van der Waals surface area contributed by atoms with Gasteiger partial charge in [-0.2, -0.15) is 0 Å². The molecule has 1 aliphatic heterocycles. The standard InChI is InChI=1S/C23H27N3O7S/c1-23(2)21(28)25(22(29)24(23)3)15-17(26(30)16-27)13-14-34(31,32)20-11-9-19(10-12-20)33-18-7-5-4-6-8-18/h4-12,16-17,30H,13-15H2,1-3H3/t17-/m1/s1. The third-order valence-corrected chi connectivity index (χ3v) is 7.65. The average Bonchev–Trinajstić information content (AvgIpc) is 2.96. The van der Waals surface area contributed by atoms with Crippen molar-refractivity contribution in [1.29, 1.82) is 0 Å². The van der Waals surface area contributed by atoms with Crippen LogP contribution >= 0.6 is 0 Å². The second-order valence-electron chi connectivity index (χ2n) is 8.45. The molecule has 0 bridgehead atoms. The number of nitrogens with zero attached hydrogens (tertiary/aromatic N) is 3. The van der Waals surface area contributed by atoms with Crippen LogP contribution in [0, 0.1) is 0 Å². The molecule has 3 rings (SSSR count). The zero-order chi connectivity index (χ0) is 25.1. The summed E-state index contributed by atoms with van der Waals surface area (Å²) in [5.41, 5.74) is -1.08. The van der Waals surface area contributed by atoms with Gasteiger partial charge >= 0.3 is 6.03 Å². The molecule has 0 aliphatic carbocycles. The quantitative estimate of drug-likeness (QED) is 0.235. The van der Waals surface area contributed by atoms with Crippen LogP contribution in [0.1, 0.15) is 20.3 Å². The van der Waals surface area contributed by atoms with Crippen molar-refractivity contribution in [3.63, 3.8) is 0 Å². The molecule has 4 amide bonds. The number of likely N-dealkylation sites (N-methyl/N-ethyl adjacent to an activating group) is 1. The molecule has 10 nitrogen and oxygen atoms in total. The van der Waals surface area contributed by atoms with Crippen LogP contribution in [0.5, 0.6) is 11.5 Å². The number of hydroxylamine groups is 2. The smallest absolute Gasteiger partial charge is 0.327 e. The number of benzene rings is 2. The molecule has 0 aromatic heterocycles. The topological polar surface area (TPSA) is 125 Å². The molecule has 1 N–H and O–H groups in total. The molecule has 11 heteroatoms. The van der Waals surface area contributed by atoms with E-state index in [1.165, 1.54) is 36.2 Å². The van der Waals surface area contributed by atoms with Gasteiger partial charge in [0, 0.05) is 7.05 Å². The minimum Gasteiger partial charge on any atom is -0.457 e. The fourth-order valence-electron chi connectivity index (χ4n) is 3.49. The van der Waals surface area contributed by atoms with E-state index >= 15 is 0 Å². The molecule has 0 saturated carbocycles. The lowest BCUT2D eigenvalue weighted by molar-refractivity contribution is -0.162. The van der Waals surface area contributed by atoms with Crippen LogP contribution in [-0.4, -0.2) is 77.8 Å². The van der Waals surface area contributed by atoms with E-state index in [-0.39, 0.29) is 29.3 Å². The summed E-state index contributed by atoms with van der Waals surface area (Å²) in [5, 5.41) is 10.3. The maximum atomic E-state index is 12.9. The number of rotatable bonds is 10. The Balaban J connectivity index is 1.69. The Labute approximate surface area is 198 Å². The lowest BCUT2D eigenvalue weighted by Crippen LogP contribution is -2.46. The van der Waals surface area contributed by atoms with E-state index < -0.39 is 39.1 Å². The van der Waals surface area contributed by atoms with Crippen molar-refractivity contribution < 1.29 is 32.7 Å². The number of amides is 4. The van der Waals surface area contributed by atoms with E-state index in [1.54, 1.807) is 26.0 Å². The van der Waals surface area contributed by atoms with Crippen molar-refractivity contribution >= 4 is 28.2 Å². The lowest BCUT2D eigenvalue weighted by atomic mass is 10.0. The Hall–Kier alpha value is -3.44. The summed E-state index contributed by atoms with van der Waals surface area (Å²) in [5.74, 6) is 0.152. The Kier molecular flexibility index (Phi) is 7.27. The first-order valence-corrected chi connectivity index (χ1v) is 12.2. The van der Waals surface area contributed by atoms with Crippen molar-refractivity contribution in [2.45, 2.75) is 36.7 Å². The predicted octanol–water partition coefficient (Wildman–Crippen LogP) is 2.53. The SMILES string of the molecule is CN1C(=O)N(C[C@@H](CCS(=O)(=O)c2ccc(Oc3ccccc3)cc2)N(O)C=O)C(=O)C1(C)C. The van der Waals surface area contributed by atoms with Crippen molar-refractivity contribution in [3.8, 4) is 11.5 Å². The van der Waals surface area contributed by atoms with Crippen LogP contribution < -0.4 is 4.74 Å². The van der Waals surface area contributed by atoms with Gasteiger partial charge in [-0.15, -0.1) is 0 Å². The van der Waals surface area contributed by atoms with Crippen LogP contribution in [-0.2, 0) is 19.4 Å². The van der Waals surface area contributed by atoms with Gasteiger partial charge in [-0.25, -0.2) is 18.3 Å². The third-order valence-electron chi connectivity index (χ3n) is 5.88. The highest BCUT2D eigenvalue weighted by Gasteiger charge is 2.50. The molecule has 1 atom stereocenters. The number of para-hydroxylation sites is 1. The molecule has 1 saturated heterocycles. The summed E-state index contributed by atoms with van der Waals surface area (Å²) in [6.07, 6.45) is -0.0755. The summed E-state index contributed by atoms with van der Waals surface area (Å²) in [6, 6.07) is 13.2. The van der Waals surface area contributed by atoms with Crippen molar-refractivity contribution in [2.24, 2.45) is 0 Å². The Morgan fingerprint density at radius 3 is 2.18 bits per heavy atom. The Morgan fingerprint density at radius 1 is 1.06 bits per heavy atom. The van der Waals surface area contributed by atoms with Crippen LogP contribution in [0.4, 0.5) is 4.79 Å². The van der Waals surface area contributed by atoms with Gasteiger partial charge in [0.2, 0.25) is 6.41 Å². The minimum absolute atomic E-state index is 0.0384. The molecule has 1 fully saturated rings. The largest absolute Gasteiger partial charge is 0.457 e. The summed E-state index contributed by atoms with van der Waals surface area (Å²) < 4.78 is 31.4. The normalized spacial score (nSPS) is 16.5. The van der Waals surface area contributed by atoms with Crippen LogP contribution in [0.15, 0.2) is 59.5 Å². The highest BCUT2D eigenvalue weighted by Crippen LogP contribution is 2.27. The van der Waals surface area contributed by atoms with Gasteiger partial charge in [-0.05, 0) is 56.7 Å². The van der Waals surface area contributed by atoms with Gasteiger partial charge in [-0.3, -0.25) is 19.7 Å². The van der Waals surface area contributed by atoms with E-state index in [1.807, 2.05) is 18.2 Å². The molecular weight excluding hydrogens is 462 g/mol. The first-order valence-electron chi connectivity index (χ1n) is 10.6. The molecule has 34 heavy (non-hydrogen) atoms. The molecule has 2 aromatic carbocycles. The number of carbonyl (C=O) groups is 3. The van der Waals surface area contributed by atoms with Gasteiger partial charge in [0.15, 0.2) is 9.84 Å². The second-order valence-corrected chi connectivity index (χ2v) is 10.6. The van der Waals surface area contributed by atoms with Gasteiger partial charge in [-0.1, -0.05) is 18.2 Å². The molecule has 2 aromatic rings. The fourth-order valence-corrected chi connectivity index (χ4v) is 4.86. The number of hydrogen-bond donors (Lipinski definition) is 1. The monoisotopic (exact) mass is 489 g/mol. The Bertz CT molecular complexity index is 1150. The zero-order valence-corrected chi connectivity index (χ0v) is 19.9. The summed E-state index contributed by atoms with van der Waals surface area (Å²) in [7, 11) is -2.32. The first kappa shape index (κ1) is 25.2. The predicted molar refractivity (Wildman–Crippen MR) is 122 cm³/mol. The van der Waals surface area contributed by atoms with E-state index in [2.05, 4.69) is 0 Å². The molecule has 0 radical (unpaired) electrons. The molecular formula is C23H27N3O7S. The summed E-state index contributed by atoms with van der Waals surface area (Å²) in [6.45, 7) is 2.82. The van der Waals surface area contributed by atoms with Crippen LogP contribution in [0.2, 0.25) is 0 Å². The van der Waals surface area contributed by atoms with Crippen molar-refractivity contribution in [3.05, 3.63) is 54.6 Å². The summed E-state index contributed by atoms with van der Waals surface area (Å²) >= 11 is 0. The van der Waals surface area contributed by atoms with Crippen LogP contribution in [0.3, 0.4) is 0 Å². The fraction of sp³-hybridized carbons (Fsp3) is 0.348. The highest BCUT2D eigenvalue weighted by atomic mass is 32.2. The van der Waals surface area contributed by atoms with E-state index in [0.717, 1.165) is 4.90 Å². The average molecular weight is 490 g/mol. The first-order chi connectivity index (χ1) is 16.0. The number of carbonyl (C=O) groups excluding carboxylic acids is 3. The molecule has 0 unspecified atom stereocenters. The third kappa shape index (κ3) is 5.20. The molecule has 1 aliphatic rings. The van der Waals surface area contributed by atoms with Gasteiger partial charge in [0.25, 0.3) is 5.91 Å². The van der Waals surface area contributed by atoms with Crippen molar-refractivity contribution in [1.82, 2.24) is 14.9 Å². The Morgan fingerprint density at radius 2 is 1.65 bits per heavy atom. The minimum atomic E-state index is -3.79. The highest BCUT2D eigenvalue weighted by molar-refractivity contribution is 7.91. The van der Waals surface area contributed by atoms with Gasteiger partial charge in [0.05, 0.1) is 23.2 Å². The van der Waals surface area contributed by atoms with Gasteiger partial charge in [0.1, 0.15) is 17.0 Å². The van der Waals surface area contributed by atoms with E-state index in [9.17, 15) is 28.0 Å². The molecule has 1 heterocycles. The molecule has 0 spiro atoms. The molecule has 182 valence electrons. The maximum Gasteiger partial charge on any atom is 0.327 e. The number of imide groups is 1. The second kappa shape index (κ2) is 9.82. The van der Waals surface area contributed by atoms with Crippen molar-refractivity contribution in [2.75, 3.05) is 19.3 Å². The van der Waals surface area contributed by atoms with E-state index in [0.29, 0.717) is 11.5 Å². The number of ether oxygens (including phenoxy) is 1. The van der Waals surface area contributed by atoms with E-state index in [4.69, 9.17) is 4.74 Å². The lowest BCUT2D eigenvalue weighted by Gasteiger charge is -2.26. The van der Waals surface area contributed by atoms with Gasteiger partial charge < -0.3 is 9.64 Å². The summed E-state index contributed by atoms with van der Waals surface area (Å²) in [4.78, 5) is 38.5. The maximum absolute atomic E-state index is 12.9. The number of urea groups is 1. The van der Waals surface area contributed by atoms with Crippen LogP contribution in [0.25, 0.3) is 0 Å². The number of hydrogen-bond acceptors (Lipinski definition) is 7. The zero-order valence-electron chi connectivity index (χ0n) is 19.1. The number of sulfone groups is 1.